The Morgan fingerprint density at radius 1 is 0.895 bits per heavy atom. The first-order valence-electron chi connectivity index (χ1n) is 4.87. The molecule has 0 aliphatic rings. The van der Waals surface area contributed by atoms with Crippen LogP contribution in [0.4, 0.5) is 0 Å². The van der Waals surface area contributed by atoms with Crippen molar-refractivity contribution >= 4 is 5.78 Å². The smallest absolute Gasteiger partial charge is 0.340 e. The van der Waals surface area contributed by atoms with Gasteiger partial charge >= 0.3 is 11.8 Å². The molecule has 0 bridgehead atoms. The number of hydrogen-bond acceptors (Lipinski definition) is 11. The van der Waals surface area contributed by atoms with Crippen molar-refractivity contribution in [2.45, 2.75) is 36.2 Å². The molecule has 0 unspecified atom stereocenters. The second kappa shape index (κ2) is 6.15. The molecule has 0 aromatic heterocycles. The normalized spacial score (nSPS) is 19.7. The third kappa shape index (κ3) is 3.87. The van der Waals surface area contributed by atoms with E-state index < -0.39 is 48.6 Å². The zero-order chi connectivity index (χ0) is 15.6. The fourth-order valence-electron chi connectivity index (χ4n) is 1.05. The summed E-state index contributed by atoms with van der Waals surface area (Å²) in [6.07, 6.45) is -9.54. The highest BCUT2D eigenvalue weighted by Crippen LogP contribution is 2.19. The van der Waals surface area contributed by atoms with Crippen LogP contribution in [0.2, 0.25) is 0 Å². The molecule has 0 saturated heterocycles. The lowest BCUT2D eigenvalue weighted by Gasteiger charge is -2.32. The number of hydrogen-bond donors (Lipinski definition) is 10. The molecule has 0 aromatic rings. The van der Waals surface area contributed by atoms with Crippen molar-refractivity contribution < 1.29 is 55.9 Å². The second-order valence-corrected chi connectivity index (χ2v) is 3.85. The van der Waals surface area contributed by atoms with Gasteiger partial charge in [0.1, 0.15) is 24.4 Å². The maximum atomic E-state index is 11.2. The summed E-state index contributed by atoms with van der Waals surface area (Å²) in [5, 5.41) is 88.2. The van der Waals surface area contributed by atoms with Crippen LogP contribution in [0.3, 0.4) is 0 Å². The van der Waals surface area contributed by atoms with E-state index in [-0.39, 0.29) is 0 Å². The predicted octanol–water partition coefficient (Wildman–Crippen LogP) is -6.70. The van der Waals surface area contributed by atoms with Crippen molar-refractivity contribution in [2.75, 3.05) is 6.61 Å². The van der Waals surface area contributed by atoms with Crippen LogP contribution >= 0.6 is 0 Å². The standard InChI is InChI=1S/C8H16O11/c9-1-2(10)3(11)4(12)5(13)6(14)7(15,16)8(17,18)19/h2-5,9-13,15-19H,1H2/t2-,3-,4+,5-/m1/s1. The Morgan fingerprint density at radius 3 is 1.63 bits per heavy atom. The van der Waals surface area contributed by atoms with Crippen molar-refractivity contribution in [1.82, 2.24) is 0 Å². The van der Waals surface area contributed by atoms with Gasteiger partial charge in [0.25, 0.3) is 0 Å². The molecule has 0 fully saturated rings. The summed E-state index contributed by atoms with van der Waals surface area (Å²) in [5.74, 6) is -10.9. The molecule has 0 aliphatic heterocycles. The average molecular weight is 288 g/mol. The van der Waals surface area contributed by atoms with Crippen molar-refractivity contribution in [3.8, 4) is 0 Å². The first-order chi connectivity index (χ1) is 8.37. The third-order valence-electron chi connectivity index (χ3n) is 2.33. The Balaban J connectivity index is 5.02. The van der Waals surface area contributed by atoms with Crippen LogP contribution in [0.1, 0.15) is 0 Å². The average Bonchev–Trinajstić information content (AvgIpc) is 2.32. The topological polar surface area (TPSA) is 219 Å². The van der Waals surface area contributed by atoms with Crippen LogP contribution in [0.25, 0.3) is 0 Å². The van der Waals surface area contributed by atoms with Gasteiger partial charge in [-0.3, -0.25) is 4.79 Å². The SMILES string of the molecule is O=C([C@H](O)[C@@H](O)[C@H](O)[C@H](O)CO)C(O)(O)C(O)(O)O. The molecule has 114 valence electrons. The van der Waals surface area contributed by atoms with Crippen LogP contribution in [-0.4, -0.2) is 99.6 Å². The number of Topliss-reactive ketones (excluding diaryl/α,β-unsaturated/α-hetero) is 1. The Bertz CT molecular complexity index is 308. The van der Waals surface area contributed by atoms with Crippen molar-refractivity contribution in [2.24, 2.45) is 0 Å². The van der Waals surface area contributed by atoms with Crippen LogP contribution in [-0.2, 0) is 4.79 Å². The van der Waals surface area contributed by atoms with Crippen molar-refractivity contribution in [3.05, 3.63) is 0 Å². The minimum absolute atomic E-state index is 1.05. The number of carbonyl (C=O) groups excluding carboxylic acids is 1. The number of aliphatic hydroxyl groups is 10. The van der Waals surface area contributed by atoms with E-state index in [4.69, 9.17) is 40.9 Å². The van der Waals surface area contributed by atoms with Gasteiger partial charge in [0.05, 0.1) is 6.61 Å². The lowest BCUT2D eigenvalue weighted by atomic mass is 9.95. The maximum Gasteiger partial charge on any atom is 0.340 e. The van der Waals surface area contributed by atoms with E-state index in [9.17, 15) is 15.0 Å². The first-order valence-corrected chi connectivity index (χ1v) is 4.87. The molecule has 0 radical (unpaired) electrons. The molecule has 11 heteroatoms. The summed E-state index contributed by atoms with van der Waals surface area (Å²) >= 11 is 0. The fourth-order valence-corrected chi connectivity index (χ4v) is 1.05. The molecule has 0 saturated carbocycles. The molecule has 0 aromatic carbocycles. The number of aliphatic hydroxyl groups excluding tert-OH is 5. The Kier molecular flexibility index (Phi) is 5.91. The number of carbonyl (C=O) groups is 1. The quantitative estimate of drug-likeness (QED) is 0.198. The third-order valence-corrected chi connectivity index (χ3v) is 2.33. The zero-order valence-electron chi connectivity index (χ0n) is 9.40. The largest absolute Gasteiger partial charge is 0.394 e. The summed E-state index contributed by atoms with van der Waals surface area (Å²) in [4.78, 5) is 11.2. The summed E-state index contributed by atoms with van der Waals surface area (Å²) in [5.41, 5.74) is 0. The molecule has 19 heavy (non-hydrogen) atoms. The highest BCUT2D eigenvalue weighted by atomic mass is 16.7. The lowest BCUT2D eigenvalue weighted by molar-refractivity contribution is -0.429. The van der Waals surface area contributed by atoms with Gasteiger partial charge in [-0.15, -0.1) is 0 Å². The number of rotatable bonds is 7. The van der Waals surface area contributed by atoms with Gasteiger partial charge in [0.15, 0.2) is 0 Å². The monoisotopic (exact) mass is 288 g/mol. The van der Waals surface area contributed by atoms with E-state index in [1.54, 1.807) is 0 Å². The summed E-state index contributed by atoms with van der Waals surface area (Å²) in [6.45, 7) is -1.05. The van der Waals surface area contributed by atoms with Gasteiger partial charge < -0.3 is 51.1 Å². The van der Waals surface area contributed by atoms with E-state index in [1.165, 1.54) is 0 Å². The van der Waals surface area contributed by atoms with Gasteiger partial charge in [0, 0.05) is 0 Å². The molecular formula is C8H16O11. The van der Waals surface area contributed by atoms with Crippen molar-refractivity contribution in [3.63, 3.8) is 0 Å². The molecular weight excluding hydrogens is 272 g/mol. The van der Waals surface area contributed by atoms with Crippen LogP contribution in [0.15, 0.2) is 0 Å². The van der Waals surface area contributed by atoms with Crippen LogP contribution in [0, 0.1) is 0 Å². The van der Waals surface area contributed by atoms with Gasteiger partial charge in [-0.2, -0.15) is 0 Å². The molecule has 4 atom stereocenters. The zero-order valence-corrected chi connectivity index (χ0v) is 9.40. The van der Waals surface area contributed by atoms with Gasteiger partial charge in [0.2, 0.25) is 5.78 Å². The molecule has 0 aliphatic carbocycles. The molecule has 11 nitrogen and oxygen atoms in total. The number of ketones is 1. The molecule has 0 heterocycles. The minimum atomic E-state index is -4.34. The summed E-state index contributed by atoms with van der Waals surface area (Å²) < 4.78 is 0. The van der Waals surface area contributed by atoms with E-state index >= 15 is 0 Å². The van der Waals surface area contributed by atoms with Crippen molar-refractivity contribution in [1.29, 1.82) is 0 Å². The Hall–Kier alpha value is -0.730. The highest BCUT2D eigenvalue weighted by molar-refractivity contribution is 5.90. The maximum absolute atomic E-state index is 11.2. The van der Waals surface area contributed by atoms with Crippen LogP contribution in [0.5, 0.6) is 0 Å². The van der Waals surface area contributed by atoms with Gasteiger partial charge in [-0.25, -0.2) is 0 Å². The summed E-state index contributed by atoms with van der Waals surface area (Å²) in [7, 11) is 0. The van der Waals surface area contributed by atoms with E-state index in [1.807, 2.05) is 0 Å². The van der Waals surface area contributed by atoms with E-state index in [0.717, 1.165) is 0 Å². The van der Waals surface area contributed by atoms with E-state index in [0.29, 0.717) is 0 Å². The highest BCUT2D eigenvalue weighted by Gasteiger charge is 2.56. The van der Waals surface area contributed by atoms with E-state index in [2.05, 4.69) is 0 Å². The van der Waals surface area contributed by atoms with Gasteiger partial charge in [-0.1, -0.05) is 0 Å². The van der Waals surface area contributed by atoms with Crippen LogP contribution < -0.4 is 0 Å². The Labute approximate surface area is 105 Å². The van der Waals surface area contributed by atoms with Gasteiger partial charge in [-0.05, 0) is 0 Å². The minimum Gasteiger partial charge on any atom is -0.394 e. The first kappa shape index (κ1) is 18.3. The lowest BCUT2D eigenvalue weighted by Crippen LogP contribution is -2.64. The predicted molar refractivity (Wildman–Crippen MR) is 52.7 cm³/mol. The summed E-state index contributed by atoms with van der Waals surface area (Å²) in [6, 6.07) is 0. The molecule has 0 spiro atoms. The second-order valence-electron chi connectivity index (χ2n) is 3.85. The fraction of sp³-hybridized carbons (Fsp3) is 0.875. The molecule has 10 N–H and O–H groups in total. The molecule has 0 amide bonds. The Morgan fingerprint density at radius 2 is 1.32 bits per heavy atom. The molecule has 0 rings (SSSR count).